The van der Waals surface area contributed by atoms with E-state index < -0.39 is 17.6 Å². The molecular weight excluding hydrogens is 447 g/mol. The third-order valence-electron chi connectivity index (χ3n) is 7.81. The maximum atomic E-state index is 13.5. The van der Waals surface area contributed by atoms with Crippen LogP contribution in [0.2, 0.25) is 0 Å². The van der Waals surface area contributed by atoms with E-state index in [4.69, 9.17) is 20.4 Å². The number of halogens is 3. The second-order valence-electron chi connectivity index (χ2n) is 9.89. The average molecular weight is 476 g/mol. The van der Waals surface area contributed by atoms with Gasteiger partial charge in [-0.05, 0) is 31.2 Å². The van der Waals surface area contributed by atoms with E-state index in [0.717, 1.165) is 57.3 Å². The van der Waals surface area contributed by atoms with Crippen molar-refractivity contribution in [1.82, 2.24) is 19.9 Å². The lowest BCUT2D eigenvalue weighted by Gasteiger charge is -2.35. The molecule has 182 valence electrons. The summed E-state index contributed by atoms with van der Waals surface area (Å²) in [7, 11) is 1.71. The highest BCUT2D eigenvalue weighted by molar-refractivity contribution is 5.68. The predicted octanol–water partition coefficient (Wildman–Crippen LogP) is 2.65. The van der Waals surface area contributed by atoms with E-state index in [-0.39, 0.29) is 0 Å². The Morgan fingerprint density at radius 1 is 1.03 bits per heavy atom. The molecule has 2 atom stereocenters. The highest BCUT2D eigenvalue weighted by atomic mass is 19.4. The zero-order chi connectivity index (χ0) is 23.6. The van der Waals surface area contributed by atoms with Crippen LogP contribution in [0.5, 0.6) is 0 Å². The largest absolute Gasteiger partial charge is 0.419 e. The van der Waals surface area contributed by atoms with Crippen molar-refractivity contribution in [3.63, 3.8) is 0 Å². The predicted molar refractivity (Wildman–Crippen MR) is 122 cm³/mol. The summed E-state index contributed by atoms with van der Waals surface area (Å²) >= 11 is 0. The van der Waals surface area contributed by atoms with E-state index in [9.17, 15) is 13.2 Å². The van der Waals surface area contributed by atoms with Crippen molar-refractivity contribution in [3.05, 3.63) is 23.9 Å². The molecule has 7 rings (SSSR count). The summed E-state index contributed by atoms with van der Waals surface area (Å²) < 4.78 is 45.7. The lowest BCUT2D eigenvalue weighted by atomic mass is 9.86. The molecule has 1 unspecified atom stereocenters. The molecule has 4 aliphatic heterocycles. The molecule has 0 aromatic carbocycles. The summed E-state index contributed by atoms with van der Waals surface area (Å²) in [6, 6.07) is 4.02. The lowest BCUT2D eigenvalue weighted by molar-refractivity contribution is -0.137. The number of hydrogen-bond acceptors (Lipinski definition) is 8. The second kappa shape index (κ2) is 7.94. The number of piperazine rings is 1. The van der Waals surface area contributed by atoms with Crippen molar-refractivity contribution >= 4 is 17.6 Å². The van der Waals surface area contributed by atoms with Crippen LogP contribution < -0.4 is 15.5 Å². The second-order valence-corrected chi connectivity index (χ2v) is 9.89. The Hall–Kier alpha value is -2.66. The Bertz CT molecular complexity index is 1090. The zero-order valence-electron chi connectivity index (χ0n) is 19.0. The van der Waals surface area contributed by atoms with E-state index in [2.05, 4.69) is 19.7 Å². The van der Waals surface area contributed by atoms with E-state index in [1.54, 1.807) is 13.2 Å². The Kier molecular flexibility index (Phi) is 5.10. The van der Waals surface area contributed by atoms with Gasteiger partial charge >= 0.3 is 6.18 Å². The SMILES string of the molecule is COCCN1CC2C[C@H]1CN2c1cc(-c2cnc(N)c(C(F)(F)F)c2)nc(N2CC3CC2C3)n1. The third-order valence-corrected chi connectivity index (χ3v) is 7.81. The summed E-state index contributed by atoms with van der Waals surface area (Å²) in [4.78, 5) is 20.4. The number of nitrogen functional groups attached to an aromatic ring is 1. The summed E-state index contributed by atoms with van der Waals surface area (Å²) in [5, 5.41) is 0. The average Bonchev–Trinajstić information content (AvgIpc) is 3.56. The number of pyridine rings is 1. The first kappa shape index (κ1) is 21.8. The van der Waals surface area contributed by atoms with Crippen molar-refractivity contribution in [2.45, 2.75) is 43.6 Å². The quantitative estimate of drug-likeness (QED) is 0.683. The fourth-order valence-electron chi connectivity index (χ4n) is 5.98. The number of methoxy groups -OCH3 is 1. The van der Waals surface area contributed by atoms with Crippen LogP contribution >= 0.6 is 0 Å². The number of rotatable bonds is 6. The zero-order valence-corrected chi connectivity index (χ0v) is 19.0. The molecule has 4 saturated heterocycles. The maximum Gasteiger partial charge on any atom is 0.419 e. The number of nitrogens with zero attached hydrogens (tertiary/aromatic N) is 6. The Balaban J connectivity index is 1.36. The smallest absolute Gasteiger partial charge is 0.383 e. The van der Waals surface area contributed by atoms with Crippen LogP contribution in [0.25, 0.3) is 11.3 Å². The van der Waals surface area contributed by atoms with Gasteiger partial charge in [-0.15, -0.1) is 0 Å². The van der Waals surface area contributed by atoms with Crippen LogP contribution in [-0.4, -0.2) is 77.9 Å². The molecule has 2 aromatic heterocycles. The minimum absolute atomic E-state index is 0.295. The van der Waals surface area contributed by atoms with Gasteiger partial charge in [0, 0.05) is 69.2 Å². The minimum atomic E-state index is -4.58. The molecule has 5 fully saturated rings. The number of aromatic nitrogens is 3. The first-order valence-electron chi connectivity index (χ1n) is 11.8. The van der Waals surface area contributed by atoms with Gasteiger partial charge in [-0.3, -0.25) is 4.90 Å². The Labute approximate surface area is 195 Å². The standard InChI is InChI=1S/C23H28F3N7O/c1-34-3-2-31-11-17-7-16(31)12-32(17)20-8-19(14-6-18(23(24,25)26)21(27)28-9-14)29-22(30-20)33-10-13-4-15(33)5-13/h6,8-9,13,15-17H,2-5,7,10-12H2,1H3,(H2,27,28)/t13?,15?,16-,17?/m0/s1. The van der Waals surface area contributed by atoms with Crippen molar-refractivity contribution in [2.75, 3.05) is 55.4 Å². The first-order chi connectivity index (χ1) is 16.3. The van der Waals surface area contributed by atoms with Gasteiger partial charge in [0.05, 0.1) is 17.9 Å². The molecular formula is C23H28F3N7O. The monoisotopic (exact) mass is 475 g/mol. The van der Waals surface area contributed by atoms with Crippen molar-refractivity contribution in [1.29, 1.82) is 0 Å². The van der Waals surface area contributed by atoms with Gasteiger partial charge in [0.15, 0.2) is 0 Å². The van der Waals surface area contributed by atoms with E-state index in [1.807, 2.05) is 0 Å². The van der Waals surface area contributed by atoms with Crippen LogP contribution in [0.3, 0.4) is 0 Å². The molecule has 0 amide bonds. The Morgan fingerprint density at radius 3 is 2.50 bits per heavy atom. The maximum absolute atomic E-state index is 13.5. The molecule has 2 N–H and O–H groups in total. The van der Waals surface area contributed by atoms with Gasteiger partial charge in [-0.2, -0.15) is 18.2 Å². The van der Waals surface area contributed by atoms with Gasteiger partial charge in [-0.1, -0.05) is 0 Å². The van der Waals surface area contributed by atoms with Crippen molar-refractivity contribution in [3.8, 4) is 11.3 Å². The molecule has 1 saturated carbocycles. The number of hydrogen-bond donors (Lipinski definition) is 1. The number of anilines is 3. The molecule has 4 bridgehead atoms. The fourth-order valence-corrected chi connectivity index (χ4v) is 5.98. The summed E-state index contributed by atoms with van der Waals surface area (Å²) in [5.74, 6) is 1.50. The highest BCUT2D eigenvalue weighted by Crippen LogP contribution is 2.44. The third kappa shape index (κ3) is 3.65. The van der Waals surface area contributed by atoms with Gasteiger partial charge in [-0.25, -0.2) is 9.97 Å². The summed E-state index contributed by atoms with van der Waals surface area (Å²) in [5.41, 5.74) is 5.33. The molecule has 0 spiro atoms. The summed E-state index contributed by atoms with van der Waals surface area (Å²) in [6.07, 6.45) is 0.101. The van der Waals surface area contributed by atoms with Crippen LogP contribution in [0.4, 0.5) is 30.8 Å². The van der Waals surface area contributed by atoms with E-state index in [0.29, 0.717) is 47.9 Å². The molecule has 11 heteroatoms. The Morgan fingerprint density at radius 2 is 1.85 bits per heavy atom. The van der Waals surface area contributed by atoms with Crippen LogP contribution in [0.15, 0.2) is 18.3 Å². The normalized spacial score (nSPS) is 28.1. The van der Waals surface area contributed by atoms with Gasteiger partial charge in [0.2, 0.25) is 5.95 Å². The minimum Gasteiger partial charge on any atom is -0.383 e. The molecule has 0 radical (unpaired) electrons. The first-order valence-corrected chi connectivity index (χ1v) is 11.8. The molecule has 2 aromatic rings. The van der Waals surface area contributed by atoms with E-state index >= 15 is 0 Å². The molecule has 6 heterocycles. The number of likely N-dealkylation sites (tertiary alicyclic amines) is 1. The molecule has 8 nitrogen and oxygen atoms in total. The number of nitrogens with two attached hydrogens (primary N) is 1. The van der Waals surface area contributed by atoms with Crippen LogP contribution in [0, 0.1) is 5.92 Å². The van der Waals surface area contributed by atoms with E-state index in [1.165, 1.54) is 6.20 Å². The highest BCUT2D eigenvalue weighted by Gasteiger charge is 2.46. The van der Waals surface area contributed by atoms with Crippen LogP contribution in [0.1, 0.15) is 24.8 Å². The molecule has 5 aliphatic rings. The topological polar surface area (TPSA) is 83.6 Å². The number of fused-ring (bicyclic) bond motifs is 3. The molecule has 34 heavy (non-hydrogen) atoms. The fraction of sp³-hybridized carbons (Fsp3) is 0.609. The van der Waals surface area contributed by atoms with Gasteiger partial charge in [0.1, 0.15) is 11.6 Å². The number of alkyl halides is 3. The van der Waals surface area contributed by atoms with Crippen LogP contribution in [-0.2, 0) is 10.9 Å². The van der Waals surface area contributed by atoms with Gasteiger partial charge < -0.3 is 20.3 Å². The van der Waals surface area contributed by atoms with Crippen molar-refractivity contribution in [2.24, 2.45) is 5.92 Å². The van der Waals surface area contributed by atoms with Gasteiger partial charge in [0.25, 0.3) is 0 Å². The molecule has 1 aliphatic carbocycles. The summed E-state index contributed by atoms with van der Waals surface area (Å²) in [6.45, 7) is 4.27. The lowest BCUT2D eigenvalue weighted by Crippen LogP contribution is -2.47. The van der Waals surface area contributed by atoms with Crippen molar-refractivity contribution < 1.29 is 17.9 Å². The number of ether oxygens (including phenoxy) is 1.